The fourth-order valence-corrected chi connectivity index (χ4v) is 3.94. The van der Waals surface area contributed by atoms with E-state index in [1.165, 1.54) is 18.8 Å². The number of anilines is 3. The summed E-state index contributed by atoms with van der Waals surface area (Å²) < 4.78 is 12.8. The lowest BCUT2D eigenvalue weighted by Gasteiger charge is -2.30. The first-order valence-corrected chi connectivity index (χ1v) is 10.8. The Kier molecular flexibility index (Phi) is 7.45. The number of nitrogens with one attached hydrogen (secondary N) is 1. The van der Waals surface area contributed by atoms with E-state index in [2.05, 4.69) is 5.32 Å². The van der Waals surface area contributed by atoms with E-state index in [-0.39, 0.29) is 5.82 Å². The van der Waals surface area contributed by atoms with Gasteiger partial charge in [0.1, 0.15) is 29.5 Å². The summed E-state index contributed by atoms with van der Waals surface area (Å²) in [6.45, 7) is 3.22. The maximum Gasteiger partial charge on any atom is 0.333 e. The molecule has 174 valence electrons. The van der Waals surface area contributed by atoms with Gasteiger partial charge >= 0.3 is 5.69 Å². The first kappa shape index (κ1) is 23.2. The third-order valence-corrected chi connectivity index (χ3v) is 5.54. The zero-order valence-corrected chi connectivity index (χ0v) is 18.8. The van der Waals surface area contributed by atoms with E-state index in [0.29, 0.717) is 48.9 Å². The smallest absolute Gasteiger partial charge is 0.333 e. The molecule has 1 saturated heterocycles. The quantitative estimate of drug-likeness (QED) is 0.634. The number of rotatable bonds is 8. The van der Waals surface area contributed by atoms with Crippen molar-refractivity contribution in [2.45, 2.75) is 45.7 Å². The number of hydrogen-bond donors (Lipinski definition) is 2. The molecule has 1 aliphatic rings. The van der Waals surface area contributed by atoms with Crippen LogP contribution in [-0.2, 0) is 17.9 Å². The molecule has 0 radical (unpaired) electrons. The summed E-state index contributed by atoms with van der Waals surface area (Å²) in [5.41, 5.74) is 5.81. The molecule has 1 aromatic carbocycles. The largest absolute Gasteiger partial charge is 0.497 e. The number of methoxy groups -OCH3 is 2. The molecule has 3 rings (SSSR count). The molecule has 1 amide bonds. The highest BCUT2D eigenvalue weighted by Gasteiger charge is 2.24. The molecule has 10 heteroatoms. The Bertz CT molecular complexity index is 1090. The first-order valence-electron chi connectivity index (χ1n) is 10.8. The van der Waals surface area contributed by atoms with Crippen molar-refractivity contribution in [3.05, 3.63) is 39.0 Å². The summed E-state index contributed by atoms with van der Waals surface area (Å²) in [6.07, 6.45) is 3.64. The summed E-state index contributed by atoms with van der Waals surface area (Å²) in [6, 6.07) is 4.97. The van der Waals surface area contributed by atoms with Crippen LogP contribution >= 0.6 is 0 Å². The van der Waals surface area contributed by atoms with Crippen molar-refractivity contribution in [2.75, 3.05) is 43.3 Å². The Morgan fingerprint density at radius 1 is 1.09 bits per heavy atom. The number of nitrogens with zero attached hydrogens (tertiary/aromatic N) is 3. The highest BCUT2D eigenvalue weighted by Crippen LogP contribution is 2.29. The molecule has 0 spiro atoms. The van der Waals surface area contributed by atoms with Gasteiger partial charge in [0.15, 0.2) is 0 Å². The molecule has 32 heavy (non-hydrogen) atoms. The molecule has 0 saturated carbocycles. The molecule has 2 aromatic rings. The monoisotopic (exact) mass is 445 g/mol. The predicted octanol–water partition coefficient (Wildman–Crippen LogP) is 1.65. The van der Waals surface area contributed by atoms with Gasteiger partial charge in [-0.05, 0) is 37.8 Å². The number of piperidine rings is 1. The summed E-state index contributed by atoms with van der Waals surface area (Å²) >= 11 is 0. The van der Waals surface area contributed by atoms with Gasteiger partial charge in [0.25, 0.3) is 5.56 Å². The maximum atomic E-state index is 13.3. The highest BCUT2D eigenvalue weighted by molar-refractivity contribution is 5.92. The summed E-state index contributed by atoms with van der Waals surface area (Å²) in [4.78, 5) is 41.1. The van der Waals surface area contributed by atoms with Gasteiger partial charge in [-0.3, -0.25) is 14.2 Å². The maximum absolute atomic E-state index is 13.3. The molecular weight excluding hydrogens is 414 g/mol. The van der Waals surface area contributed by atoms with Crippen molar-refractivity contribution in [1.82, 2.24) is 9.13 Å². The van der Waals surface area contributed by atoms with E-state index >= 15 is 0 Å². The van der Waals surface area contributed by atoms with Crippen molar-refractivity contribution in [2.24, 2.45) is 0 Å². The molecule has 1 fully saturated rings. The number of nitrogen functional groups attached to an aromatic ring is 1. The van der Waals surface area contributed by atoms with Gasteiger partial charge in [-0.15, -0.1) is 0 Å². The van der Waals surface area contributed by atoms with Crippen LogP contribution in [0.3, 0.4) is 0 Å². The minimum atomic E-state index is -0.595. The molecule has 2 heterocycles. The number of nitrogens with two attached hydrogens (primary N) is 1. The Balaban J connectivity index is 1.98. The van der Waals surface area contributed by atoms with E-state index in [1.54, 1.807) is 18.2 Å². The molecule has 0 aliphatic carbocycles. The molecule has 10 nitrogen and oxygen atoms in total. The minimum absolute atomic E-state index is 0.162. The lowest BCUT2D eigenvalue weighted by Crippen LogP contribution is -2.47. The Morgan fingerprint density at radius 3 is 2.44 bits per heavy atom. The van der Waals surface area contributed by atoms with Crippen LogP contribution in [0.1, 0.15) is 32.6 Å². The molecule has 0 unspecified atom stereocenters. The van der Waals surface area contributed by atoms with Crippen LogP contribution in [0.2, 0.25) is 0 Å². The van der Waals surface area contributed by atoms with Crippen LogP contribution in [0, 0.1) is 0 Å². The van der Waals surface area contributed by atoms with Crippen molar-refractivity contribution in [1.29, 1.82) is 0 Å². The molecule has 3 N–H and O–H groups in total. The van der Waals surface area contributed by atoms with Crippen LogP contribution < -0.4 is 36.7 Å². The zero-order valence-electron chi connectivity index (χ0n) is 18.8. The predicted molar refractivity (Wildman–Crippen MR) is 124 cm³/mol. The number of amides is 1. The number of carbonyl (C=O) groups excluding carboxylic acids is 1. The van der Waals surface area contributed by atoms with Crippen molar-refractivity contribution in [3.8, 4) is 11.5 Å². The van der Waals surface area contributed by atoms with Gasteiger partial charge in [0.05, 0.1) is 19.9 Å². The number of carbonyl (C=O) groups is 1. The molecule has 0 atom stereocenters. The van der Waals surface area contributed by atoms with Gasteiger partial charge in [0, 0.05) is 25.7 Å². The molecule has 1 aliphatic heterocycles. The van der Waals surface area contributed by atoms with Gasteiger partial charge in [-0.2, -0.15) is 0 Å². The standard InChI is InChI=1S/C22H31N5O5/c1-4-10-26-20(23)19(25-11-6-5-7-12-25)21(29)27(22(26)30)14-18(28)24-16-13-15(31-2)8-9-17(16)32-3/h8-9,13H,4-7,10-12,14,23H2,1-3H3,(H,24,28). The van der Waals surface area contributed by atoms with Crippen molar-refractivity contribution < 1.29 is 14.3 Å². The second-order valence-corrected chi connectivity index (χ2v) is 7.72. The molecule has 1 aromatic heterocycles. The number of aromatic nitrogens is 2. The topological polar surface area (TPSA) is 121 Å². The third-order valence-electron chi connectivity index (χ3n) is 5.54. The highest BCUT2D eigenvalue weighted by atomic mass is 16.5. The zero-order chi connectivity index (χ0) is 23.3. The fourth-order valence-electron chi connectivity index (χ4n) is 3.94. The van der Waals surface area contributed by atoms with Crippen LogP contribution in [0.25, 0.3) is 0 Å². The van der Waals surface area contributed by atoms with Crippen LogP contribution in [0.15, 0.2) is 27.8 Å². The Labute approximate surface area is 186 Å². The fraction of sp³-hybridized carbons (Fsp3) is 0.500. The Hall–Kier alpha value is -3.43. The number of hydrogen-bond acceptors (Lipinski definition) is 7. The average Bonchev–Trinajstić information content (AvgIpc) is 2.80. The summed E-state index contributed by atoms with van der Waals surface area (Å²) in [5.74, 6) is 0.590. The van der Waals surface area contributed by atoms with E-state index in [9.17, 15) is 14.4 Å². The first-order chi connectivity index (χ1) is 15.4. The minimum Gasteiger partial charge on any atom is -0.497 e. The SMILES string of the molecule is CCCn1c(N)c(N2CCCCC2)c(=O)n(CC(=O)Nc2cc(OC)ccc2OC)c1=O. The Morgan fingerprint density at radius 2 is 1.81 bits per heavy atom. The number of benzene rings is 1. The van der Waals surface area contributed by atoms with E-state index in [4.69, 9.17) is 15.2 Å². The second-order valence-electron chi connectivity index (χ2n) is 7.72. The van der Waals surface area contributed by atoms with E-state index < -0.39 is 23.7 Å². The molecular formula is C22H31N5O5. The lowest BCUT2D eigenvalue weighted by molar-refractivity contribution is -0.116. The van der Waals surface area contributed by atoms with E-state index in [1.807, 2.05) is 11.8 Å². The van der Waals surface area contributed by atoms with Crippen LogP contribution in [0.5, 0.6) is 11.5 Å². The van der Waals surface area contributed by atoms with Crippen molar-refractivity contribution >= 4 is 23.1 Å². The van der Waals surface area contributed by atoms with Gasteiger partial charge in [0.2, 0.25) is 5.91 Å². The van der Waals surface area contributed by atoms with Gasteiger partial charge < -0.3 is 25.4 Å². The van der Waals surface area contributed by atoms with Gasteiger partial charge in [-0.25, -0.2) is 9.36 Å². The van der Waals surface area contributed by atoms with Gasteiger partial charge in [-0.1, -0.05) is 6.92 Å². The van der Waals surface area contributed by atoms with Crippen LogP contribution in [-0.4, -0.2) is 42.4 Å². The van der Waals surface area contributed by atoms with E-state index in [0.717, 1.165) is 23.8 Å². The second kappa shape index (κ2) is 10.3. The normalized spacial score (nSPS) is 13.7. The third kappa shape index (κ3) is 4.74. The molecule has 0 bridgehead atoms. The summed E-state index contributed by atoms with van der Waals surface area (Å²) in [5, 5.41) is 2.71. The summed E-state index contributed by atoms with van der Waals surface area (Å²) in [7, 11) is 3.00. The lowest BCUT2D eigenvalue weighted by atomic mass is 10.1. The van der Waals surface area contributed by atoms with Crippen molar-refractivity contribution in [3.63, 3.8) is 0 Å². The van der Waals surface area contributed by atoms with Crippen LogP contribution in [0.4, 0.5) is 17.2 Å². The number of ether oxygens (including phenoxy) is 2. The average molecular weight is 446 g/mol.